The summed E-state index contributed by atoms with van der Waals surface area (Å²) in [5, 5.41) is 0. The predicted molar refractivity (Wildman–Crippen MR) is 316 cm³/mol. The van der Waals surface area contributed by atoms with Gasteiger partial charge in [0.15, 0.2) is 6.10 Å². The Morgan fingerprint density at radius 2 is 0.534 bits per heavy atom. The van der Waals surface area contributed by atoms with Gasteiger partial charge in [-0.2, -0.15) is 0 Å². The number of allylic oxidation sites excluding steroid dienone is 16. The molecule has 73 heavy (non-hydrogen) atoms. The Labute approximate surface area is 451 Å². The SMILES string of the molecule is CC/C=C\C/C=C\C/C=C\C/C=C\C/C=C\CCCCCCCCCCCCCCCC(=O)OCC(COC(=O)CCCCCCCCC)OC(=O)CCCCCCCC/C=C\C/C=C\C/C=C\CCCCC. The van der Waals surface area contributed by atoms with Gasteiger partial charge in [0.1, 0.15) is 13.2 Å². The van der Waals surface area contributed by atoms with Crippen molar-refractivity contribution in [3.05, 3.63) is 97.2 Å². The summed E-state index contributed by atoms with van der Waals surface area (Å²) in [5.74, 6) is -0.896. The number of ether oxygens (including phenoxy) is 3. The second-order valence-electron chi connectivity index (χ2n) is 20.2. The van der Waals surface area contributed by atoms with Crippen LogP contribution >= 0.6 is 0 Å². The van der Waals surface area contributed by atoms with Crippen LogP contribution in [0.5, 0.6) is 0 Å². The summed E-state index contributed by atoms with van der Waals surface area (Å²) in [6, 6.07) is 0. The predicted octanol–water partition coefficient (Wildman–Crippen LogP) is 20.9. The fourth-order valence-corrected chi connectivity index (χ4v) is 8.48. The zero-order valence-corrected chi connectivity index (χ0v) is 47.9. The van der Waals surface area contributed by atoms with Gasteiger partial charge in [-0.3, -0.25) is 14.4 Å². The van der Waals surface area contributed by atoms with Crippen molar-refractivity contribution in [2.45, 2.75) is 297 Å². The molecule has 0 heterocycles. The summed E-state index contributed by atoms with van der Waals surface area (Å²) in [7, 11) is 0. The average Bonchev–Trinajstić information content (AvgIpc) is 3.39. The number of esters is 3. The fraction of sp³-hybridized carbons (Fsp3) is 0.716. The third-order valence-electron chi connectivity index (χ3n) is 13.1. The van der Waals surface area contributed by atoms with E-state index in [1.165, 1.54) is 135 Å². The molecule has 0 aliphatic rings. The molecular weight excluding hydrogens is 901 g/mol. The van der Waals surface area contributed by atoms with Crippen molar-refractivity contribution in [3.63, 3.8) is 0 Å². The van der Waals surface area contributed by atoms with E-state index in [-0.39, 0.29) is 31.1 Å². The summed E-state index contributed by atoms with van der Waals surface area (Å²) >= 11 is 0. The van der Waals surface area contributed by atoms with E-state index in [0.717, 1.165) is 116 Å². The van der Waals surface area contributed by atoms with E-state index in [0.29, 0.717) is 19.3 Å². The lowest BCUT2D eigenvalue weighted by Crippen LogP contribution is -2.30. The van der Waals surface area contributed by atoms with E-state index in [4.69, 9.17) is 14.2 Å². The van der Waals surface area contributed by atoms with Crippen LogP contribution in [-0.4, -0.2) is 37.2 Å². The van der Waals surface area contributed by atoms with Crippen LogP contribution in [0, 0.1) is 0 Å². The van der Waals surface area contributed by atoms with Gasteiger partial charge in [0, 0.05) is 19.3 Å². The van der Waals surface area contributed by atoms with Gasteiger partial charge in [0.2, 0.25) is 0 Å². The lowest BCUT2D eigenvalue weighted by Gasteiger charge is -2.18. The Kier molecular flexibility index (Phi) is 57.8. The molecule has 0 aromatic rings. The highest BCUT2D eigenvalue weighted by Crippen LogP contribution is 2.16. The summed E-state index contributed by atoms with van der Waals surface area (Å²) in [6.07, 6.45) is 81.4. The fourth-order valence-electron chi connectivity index (χ4n) is 8.48. The number of rotatable bonds is 55. The van der Waals surface area contributed by atoms with Crippen molar-refractivity contribution in [1.82, 2.24) is 0 Å². The van der Waals surface area contributed by atoms with Gasteiger partial charge in [-0.15, -0.1) is 0 Å². The zero-order chi connectivity index (χ0) is 52.9. The van der Waals surface area contributed by atoms with E-state index >= 15 is 0 Å². The molecule has 0 rings (SSSR count). The lowest BCUT2D eigenvalue weighted by atomic mass is 10.0. The molecular formula is C67H114O6. The standard InChI is InChI=1S/C67H114O6/c1-4-7-10-13-16-18-20-22-24-26-28-29-30-31-32-33-34-35-36-37-39-40-42-44-46-48-51-54-57-60-66(69)72-63-64(62-71-65(68)59-56-53-50-15-12-9-6-3)73-67(70)61-58-55-52-49-47-45-43-41-38-27-25-23-21-19-17-14-11-8-5-2/h7,10,16-19,22-25,28-29,31-32,38,41,64H,4-6,8-9,11-15,20-21,26-27,30,33-37,39-40,42-63H2,1-3H3/b10-7-,18-16-,19-17-,24-22-,25-23-,29-28-,32-31-,41-38-. The van der Waals surface area contributed by atoms with E-state index in [2.05, 4.69) is 118 Å². The molecule has 0 aromatic carbocycles. The summed E-state index contributed by atoms with van der Waals surface area (Å²) < 4.78 is 16.8. The maximum Gasteiger partial charge on any atom is 0.306 e. The molecule has 0 fully saturated rings. The Balaban J connectivity index is 4.14. The third-order valence-corrected chi connectivity index (χ3v) is 13.1. The number of hydrogen-bond acceptors (Lipinski definition) is 6. The van der Waals surface area contributed by atoms with Crippen molar-refractivity contribution < 1.29 is 28.6 Å². The first kappa shape index (κ1) is 69.3. The Morgan fingerprint density at radius 1 is 0.288 bits per heavy atom. The monoisotopic (exact) mass is 1010 g/mol. The van der Waals surface area contributed by atoms with Crippen molar-refractivity contribution >= 4 is 17.9 Å². The van der Waals surface area contributed by atoms with Crippen molar-refractivity contribution in [3.8, 4) is 0 Å². The van der Waals surface area contributed by atoms with Crippen LogP contribution in [0.3, 0.4) is 0 Å². The average molecular weight is 1020 g/mol. The maximum atomic E-state index is 12.8. The zero-order valence-electron chi connectivity index (χ0n) is 47.9. The lowest BCUT2D eigenvalue weighted by molar-refractivity contribution is -0.167. The van der Waals surface area contributed by atoms with Gasteiger partial charge < -0.3 is 14.2 Å². The van der Waals surface area contributed by atoms with Crippen LogP contribution in [0.4, 0.5) is 0 Å². The smallest absolute Gasteiger partial charge is 0.306 e. The summed E-state index contributed by atoms with van der Waals surface area (Å²) in [6.45, 7) is 6.46. The number of carbonyl (C=O) groups is 3. The molecule has 0 saturated heterocycles. The van der Waals surface area contributed by atoms with Gasteiger partial charge in [-0.25, -0.2) is 0 Å². The molecule has 0 spiro atoms. The minimum absolute atomic E-state index is 0.0813. The third kappa shape index (κ3) is 59.1. The van der Waals surface area contributed by atoms with E-state index in [1.807, 2.05) is 0 Å². The Bertz CT molecular complexity index is 1440. The molecule has 0 N–H and O–H groups in total. The molecule has 6 nitrogen and oxygen atoms in total. The van der Waals surface area contributed by atoms with E-state index < -0.39 is 6.10 Å². The molecule has 6 heteroatoms. The van der Waals surface area contributed by atoms with Crippen LogP contribution in [0.25, 0.3) is 0 Å². The first-order valence-corrected chi connectivity index (χ1v) is 30.7. The highest BCUT2D eigenvalue weighted by Gasteiger charge is 2.19. The molecule has 0 saturated carbocycles. The molecule has 418 valence electrons. The topological polar surface area (TPSA) is 78.9 Å². The minimum Gasteiger partial charge on any atom is -0.462 e. The number of hydrogen-bond donors (Lipinski definition) is 0. The van der Waals surface area contributed by atoms with E-state index in [9.17, 15) is 14.4 Å². The second-order valence-corrected chi connectivity index (χ2v) is 20.2. The van der Waals surface area contributed by atoms with Crippen LogP contribution in [0.1, 0.15) is 290 Å². The van der Waals surface area contributed by atoms with Gasteiger partial charge in [-0.1, -0.05) is 266 Å². The quantitative estimate of drug-likeness (QED) is 0.0261. The molecule has 0 aliphatic heterocycles. The van der Waals surface area contributed by atoms with Crippen molar-refractivity contribution in [2.75, 3.05) is 13.2 Å². The second kappa shape index (κ2) is 60.9. The first-order chi connectivity index (χ1) is 36.0. The highest BCUT2D eigenvalue weighted by atomic mass is 16.6. The normalized spacial score (nSPS) is 12.8. The van der Waals surface area contributed by atoms with Gasteiger partial charge in [-0.05, 0) is 103 Å². The summed E-state index contributed by atoms with van der Waals surface area (Å²) in [4.78, 5) is 38.0. The molecule has 0 amide bonds. The molecule has 1 unspecified atom stereocenters. The number of carbonyl (C=O) groups excluding carboxylic acids is 3. The Hall–Kier alpha value is -3.67. The van der Waals surface area contributed by atoms with E-state index in [1.54, 1.807) is 0 Å². The molecule has 0 aliphatic carbocycles. The van der Waals surface area contributed by atoms with Gasteiger partial charge in [0.25, 0.3) is 0 Å². The van der Waals surface area contributed by atoms with Crippen LogP contribution in [0.2, 0.25) is 0 Å². The minimum atomic E-state index is -0.782. The number of unbranched alkanes of at least 4 members (excludes halogenated alkanes) is 28. The molecule has 0 radical (unpaired) electrons. The molecule has 0 aromatic heterocycles. The van der Waals surface area contributed by atoms with Gasteiger partial charge >= 0.3 is 17.9 Å². The van der Waals surface area contributed by atoms with Crippen LogP contribution in [-0.2, 0) is 28.6 Å². The Morgan fingerprint density at radius 3 is 0.863 bits per heavy atom. The largest absolute Gasteiger partial charge is 0.462 e. The highest BCUT2D eigenvalue weighted by molar-refractivity contribution is 5.71. The van der Waals surface area contributed by atoms with Crippen LogP contribution < -0.4 is 0 Å². The summed E-state index contributed by atoms with van der Waals surface area (Å²) in [5.41, 5.74) is 0. The van der Waals surface area contributed by atoms with Crippen molar-refractivity contribution in [2.24, 2.45) is 0 Å². The maximum absolute atomic E-state index is 12.8. The van der Waals surface area contributed by atoms with Crippen LogP contribution in [0.15, 0.2) is 97.2 Å². The van der Waals surface area contributed by atoms with Crippen molar-refractivity contribution in [1.29, 1.82) is 0 Å². The molecule has 1 atom stereocenters. The first-order valence-electron chi connectivity index (χ1n) is 30.7. The molecule has 0 bridgehead atoms. The van der Waals surface area contributed by atoms with Gasteiger partial charge in [0.05, 0.1) is 0 Å².